The van der Waals surface area contributed by atoms with Gasteiger partial charge in [0, 0.05) is 22.2 Å². The lowest BCUT2D eigenvalue weighted by Gasteiger charge is -2.38. The summed E-state index contributed by atoms with van der Waals surface area (Å²) in [5, 5.41) is 4.46. The van der Waals surface area contributed by atoms with Gasteiger partial charge in [0.15, 0.2) is 0 Å². The first kappa shape index (κ1) is 16.9. The van der Waals surface area contributed by atoms with E-state index in [4.69, 9.17) is 0 Å². The Morgan fingerprint density at radius 2 is 1.86 bits per heavy atom. The van der Waals surface area contributed by atoms with Crippen LogP contribution in [0.15, 0.2) is 29.2 Å². The molecule has 2 atom stereocenters. The van der Waals surface area contributed by atoms with Crippen LogP contribution in [0.4, 0.5) is 0 Å². The molecule has 0 bridgehead atoms. The molecule has 1 heterocycles. The third kappa shape index (κ3) is 4.50. The predicted molar refractivity (Wildman–Crippen MR) is 95.1 cm³/mol. The fourth-order valence-corrected chi connectivity index (χ4v) is 4.41. The summed E-state index contributed by atoms with van der Waals surface area (Å²) in [6, 6.07) is 8.91. The molecule has 0 fully saturated rings. The Labute approximate surface area is 135 Å². The molecule has 2 rings (SSSR count). The Morgan fingerprint density at radius 1 is 1.19 bits per heavy atom. The summed E-state index contributed by atoms with van der Waals surface area (Å²) >= 11 is 2.09. The van der Waals surface area contributed by atoms with Gasteiger partial charge < -0.3 is 5.32 Å². The van der Waals surface area contributed by atoms with Crippen molar-refractivity contribution in [3.8, 4) is 0 Å². The summed E-state index contributed by atoms with van der Waals surface area (Å²) in [5.41, 5.74) is 2.09. The average molecular weight is 306 g/mol. The van der Waals surface area contributed by atoms with Gasteiger partial charge in [-0.2, -0.15) is 0 Å². The van der Waals surface area contributed by atoms with Gasteiger partial charge in [-0.15, -0.1) is 11.8 Å². The molecule has 0 amide bonds. The smallest absolute Gasteiger partial charge is 0.0141 e. The molecule has 0 saturated carbocycles. The summed E-state index contributed by atoms with van der Waals surface area (Å²) in [4.78, 5) is 1.50. The second-order valence-electron chi connectivity index (χ2n) is 8.17. The van der Waals surface area contributed by atoms with Crippen molar-refractivity contribution in [1.82, 2.24) is 5.32 Å². The SMILES string of the molecule is CC(C)C(C)(CNC(C)(C)C)CC1Cc2ccccc2S1. The normalized spacial score (nSPS) is 21.4. The van der Waals surface area contributed by atoms with E-state index in [9.17, 15) is 0 Å². The summed E-state index contributed by atoms with van der Waals surface area (Å²) in [6.07, 6.45) is 2.52. The molecule has 2 unspecified atom stereocenters. The maximum Gasteiger partial charge on any atom is 0.0141 e. The number of rotatable bonds is 5. The first-order valence-electron chi connectivity index (χ1n) is 8.19. The van der Waals surface area contributed by atoms with Crippen molar-refractivity contribution < 1.29 is 0 Å². The second-order valence-corrected chi connectivity index (χ2v) is 9.51. The lowest BCUT2D eigenvalue weighted by atomic mass is 9.74. The van der Waals surface area contributed by atoms with E-state index in [0.29, 0.717) is 11.3 Å². The highest BCUT2D eigenvalue weighted by Crippen LogP contribution is 2.44. The molecule has 118 valence electrons. The summed E-state index contributed by atoms with van der Waals surface area (Å²) in [6.45, 7) is 15.1. The molecule has 1 aliphatic heterocycles. The molecule has 0 aliphatic carbocycles. The molecule has 1 aromatic rings. The van der Waals surface area contributed by atoms with Crippen molar-refractivity contribution in [1.29, 1.82) is 0 Å². The molecule has 1 nitrogen and oxygen atoms in total. The van der Waals surface area contributed by atoms with E-state index in [0.717, 1.165) is 11.8 Å². The Morgan fingerprint density at radius 3 is 2.43 bits per heavy atom. The minimum atomic E-state index is 0.196. The monoisotopic (exact) mass is 305 g/mol. The Balaban J connectivity index is 2.01. The maximum absolute atomic E-state index is 3.73. The highest BCUT2D eigenvalue weighted by Gasteiger charge is 2.35. The van der Waals surface area contributed by atoms with Gasteiger partial charge in [0.05, 0.1) is 0 Å². The topological polar surface area (TPSA) is 12.0 Å². The lowest BCUT2D eigenvalue weighted by Crippen LogP contribution is -2.45. The summed E-state index contributed by atoms with van der Waals surface area (Å²) in [5.74, 6) is 0.691. The van der Waals surface area contributed by atoms with Gasteiger partial charge in [-0.3, -0.25) is 0 Å². The molecular formula is C19H31NS. The highest BCUT2D eigenvalue weighted by molar-refractivity contribution is 8.00. The van der Waals surface area contributed by atoms with E-state index in [1.165, 1.54) is 17.7 Å². The van der Waals surface area contributed by atoms with Crippen LogP contribution in [0.2, 0.25) is 0 Å². The molecule has 1 aromatic carbocycles. The minimum absolute atomic E-state index is 0.196. The highest BCUT2D eigenvalue weighted by atomic mass is 32.2. The lowest BCUT2D eigenvalue weighted by molar-refractivity contribution is 0.173. The molecule has 0 aromatic heterocycles. The van der Waals surface area contributed by atoms with Gasteiger partial charge in [-0.1, -0.05) is 39.0 Å². The summed E-state index contributed by atoms with van der Waals surface area (Å²) in [7, 11) is 0. The van der Waals surface area contributed by atoms with Crippen LogP contribution in [0.25, 0.3) is 0 Å². The van der Waals surface area contributed by atoms with Crippen molar-refractivity contribution in [3.63, 3.8) is 0 Å². The van der Waals surface area contributed by atoms with Crippen LogP contribution >= 0.6 is 11.8 Å². The van der Waals surface area contributed by atoms with Crippen LogP contribution in [-0.2, 0) is 6.42 Å². The van der Waals surface area contributed by atoms with Crippen LogP contribution in [0.5, 0.6) is 0 Å². The molecule has 0 spiro atoms. The van der Waals surface area contributed by atoms with Gasteiger partial charge in [0.1, 0.15) is 0 Å². The first-order valence-corrected chi connectivity index (χ1v) is 9.07. The Bertz CT molecular complexity index is 450. The second kappa shape index (κ2) is 6.34. The number of nitrogens with one attached hydrogen (secondary N) is 1. The van der Waals surface area contributed by atoms with E-state index >= 15 is 0 Å². The Hall–Kier alpha value is -0.470. The van der Waals surface area contributed by atoms with Gasteiger partial charge in [0.25, 0.3) is 0 Å². The summed E-state index contributed by atoms with van der Waals surface area (Å²) < 4.78 is 0. The van der Waals surface area contributed by atoms with E-state index < -0.39 is 0 Å². The van der Waals surface area contributed by atoms with Gasteiger partial charge >= 0.3 is 0 Å². The van der Waals surface area contributed by atoms with Crippen molar-refractivity contribution in [3.05, 3.63) is 29.8 Å². The van der Waals surface area contributed by atoms with Crippen LogP contribution in [0, 0.1) is 11.3 Å². The van der Waals surface area contributed by atoms with Gasteiger partial charge in [-0.25, -0.2) is 0 Å². The fourth-order valence-electron chi connectivity index (χ4n) is 2.87. The zero-order chi connectivity index (χ0) is 15.7. The van der Waals surface area contributed by atoms with Gasteiger partial charge in [-0.05, 0) is 56.6 Å². The number of benzene rings is 1. The largest absolute Gasteiger partial charge is 0.312 e. The van der Waals surface area contributed by atoms with Crippen molar-refractivity contribution in [2.24, 2.45) is 11.3 Å². The molecule has 0 saturated heterocycles. The third-order valence-electron chi connectivity index (χ3n) is 4.82. The fraction of sp³-hybridized carbons (Fsp3) is 0.684. The molecule has 0 radical (unpaired) electrons. The zero-order valence-electron chi connectivity index (χ0n) is 14.5. The first-order chi connectivity index (χ1) is 9.70. The zero-order valence-corrected chi connectivity index (χ0v) is 15.3. The van der Waals surface area contributed by atoms with Crippen LogP contribution in [0.1, 0.15) is 53.5 Å². The number of hydrogen-bond acceptors (Lipinski definition) is 2. The van der Waals surface area contributed by atoms with Gasteiger partial charge in [0.2, 0.25) is 0 Å². The van der Waals surface area contributed by atoms with Crippen molar-refractivity contribution in [2.75, 3.05) is 6.54 Å². The molecular weight excluding hydrogens is 274 g/mol. The Kier molecular flexibility index (Phi) is 5.10. The van der Waals surface area contributed by atoms with Crippen molar-refractivity contribution in [2.45, 2.75) is 70.1 Å². The average Bonchev–Trinajstić information content (AvgIpc) is 2.77. The van der Waals surface area contributed by atoms with E-state index in [1.807, 2.05) is 0 Å². The third-order valence-corrected chi connectivity index (χ3v) is 6.14. The van der Waals surface area contributed by atoms with Crippen molar-refractivity contribution >= 4 is 11.8 Å². The molecule has 1 N–H and O–H groups in total. The molecule has 1 aliphatic rings. The number of fused-ring (bicyclic) bond motifs is 1. The minimum Gasteiger partial charge on any atom is -0.312 e. The number of thioether (sulfide) groups is 1. The standard InChI is InChI=1S/C19H31NS/c1-14(2)19(6,13-20-18(3,4)5)12-16-11-15-9-7-8-10-17(15)21-16/h7-10,14,16,20H,11-13H2,1-6H3. The predicted octanol–water partition coefficient (Wildman–Crippen LogP) is 5.14. The maximum atomic E-state index is 3.73. The van der Waals surface area contributed by atoms with Crippen LogP contribution in [0.3, 0.4) is 0 Å². The van der Waals surface area contributed by atoms with E-state index in [1.54, 1.807) is 5.56 Å². The number of hydrogen-bond donors (Lipinski definition) is 1. The van der Waals surface area contributed by atoms with E-state index in [2.05, 4.69) is 82.9 Å². The molecule has 21 heavy (non-hydrogen) atoms. The molecule has 2 heteroatoms. The van der Waals surface area contributed by atoms with Crippen LogP contribution < -0.4 is 5.32 Å². The van der Waals surface area contributed by atoms with E-state index in [-0.39, 0.29) is 5.54 Å². The quantitative estimate of drug-likeness (QED) is 0.808. The van der Waals surface area contributed by atoms with Crippen LogP contribution in [-0.4, -0.2) is 17.3 Å².